The maximum Gasteiger partial charge on any atom is 0.228 e. The third-order valence-corrected chi connectivity index (χ3v) is 7.92. The van der Waals surface area contributed by atoms with E-state index in [1.165, 1.54) is 0 Å². The van der Waals surface area contributed by atoms with Crippen LogP contribution in [0.5, 0.6) is 17.2 Å². The van der Waals surface area contributed by atoms with E-state index >= 15 is 0 Å². The van der Waals surface area contributed by atoms with Crippen LogP contribution in [0.1, 0.15) is 51.8 Å². The lowest BCUT2D eigenvalue weighted by atomic mass is 9.91. The van der Waals surface area contributed by atoms with Gasteiger partial charge in [0.15, 0.2) is 23.0 Å². The van der Waals surface area contributed by atoms with Crippen molar-refractivity contribution in [2.45, 2.75) is 51.5 Å². The zero-order valence-electron chi connectivity index (χ0n) is 25.2. The molecular weight excluding hydrogens is 553 g/mol. The van der Waals surface area contributed by atoms with Gasteiger partial charge in [0.1, 0.15) is 23.8 Å². The monoisotopic (exact) mass is 591 g/mol. The molecule has 2 fully saturated rings. The van der Waals surface area contributed by atoms with Crippen LogP contribution in [0.25, 0.3) is 11.2 Å². The Morgan fingerprint density at radius 3 is 2.70 bits per heavy atom. The molecule has 4 aromatic rings. The van der Waals surface area contributed by atoms with E-state index in [4.69, 9.17) is 19.6 Å². The summed E-state index contributed by atoms with van der Waals surface area (Å²) in [6, 6.07) is 5.61. The first-order valence-corrected chi connectivity index (χ1v) is 14.6. The van der Waals surface area contributed by atoms with Crippen LogP contribution < -0.4 is 20.1 Å². The minimum atomic E-state index is -0.343. The average molecular weight is 592 g/mol. The molecular formula is C30H38FN9O3. The summed E-state index contributed by atoms with van der Waals surface area (Å²) >= 11 is 0. The summed E-state index contributed by atoms with van der Waals surface area (Å²) < 4.78 is 28.8. The number of methoxy groups -OCH3 is 1. The van der Waals surface area contributed by atoms with Gasteiger partial charge < -0.3 is 24.7 Å². The molecule has 1 saturated heterocycles. The fourth-order valence-electron chi connectivity index (χ4n) is 5.49. The van der Waals surface area contributed by atoms with E-state index in [-0.39, 0.29) is 30.0 Å². The molecule has 1 atom stereocenters. The fourth-order valence-corrected chi connectivity index (χ4v) is 5.49. The minimum absolute atomic E-state index is 0.0262. The van der Waals surface area contributed by atoms with E-state index in [1.807, 2.05) is 11.6 Å². The number of likely N-dealkylation sites (tertiary alicyclic amines) is 1. The van der Waals surface area contributed by atoms with E-state index in [0.717, 1.165) is 38.0 Å². The molecule has 1 aliphatic heterocycles. The number of hydrogen-bond donors (Lipinski definition) is 2. The first-order valence-electron chi connectivity index (χ1n) is 14.6. The second-order valence-electron chi connectivity index (χ2n) is 12.2. The highest BCUT2D eigenvalue weighted by Gasteiger charge is 2.31. The number of rotatable bonds is 10. The van der Waals surface area contributed by atoms with Crippen LogP contribution in [-0.4, -0.2) is 73.5 Å². The Balaban J connectivity index is 1.26. The summed E-state index contributed by atoms with van der Waals surface area (Å²) in [6.07, 6.45) is 5.89. The molecule has 1 saturated carbocycles. The quantitative estimate of drug-likeness (QED) is 0.263. The van der Waals surface area contributed by atoms with E-state index in [1.54, 1.807) is 31.6 Å². The molecule has 5 heterocycles. The fraction of sp³-hybridized carbons (Fsp3) is 0.500. The van der Waals surface area contributed by atoms with Crippen LogP contribution in [0.4, 0.5) is 22.0 Å². The number of halogens is 1. The Morgan fingerprint density at radius 1 is 1.16 bits per heavy atom. The Kier molecular flexibility index (Phi) is 7.67. The van der Waals surface area contributed by atoms with Gasteiger partial charge in [-0.2, -0.15) is 10.1 Å². The Morgan fingerprint density at radius 2 is 1.98 bits per heavy atom. The summed E-state index contributed by atoms with van der Waals surface area (Å²) in [7, 11) is 3.44. The average Bonchev–Trinajstić information content (AvgIpc) is 3.44. The van der Waals surface area contributed by atoms with Crippen molar-refractivity contribution in [3.8, 4) is 17.2 Å². The van der Waals surface area contributed by atoms with Gasteiger partial charge in [0.2, 0.25) is 11.9 Å². The van der Waals surface area contributed by atoms with Crippen molar-refractivity contribution in [1.29, 1.82) is 0 Å². The third kappa shape index (κ3) is 5.99. The maximum atomic E-state index is 13.0. The SMILES string of the molecule is COc1c(Oc2ccnc(NC(=O)C3CC3)c2)cnc2nc(Nc3cc(C(C)(C)C)n(C4CCN(CCF)C4)n3)n(C)c12. The summed E-state index contributed by atoms with van der Waals surface area (Å²) in [5.41, 5.74) is 2.08. The summed E-state index contributed by atoms with van der Waals surface area (Å²) in [5, 5.41) is 11.2. The van der Waals surface area contributed by atoms with Gasteiger partial charge in [0.25, 0.3) is 0 Å². The van der Waals surface area contributed by atoms with Crippen molar-refractivity contribution < 1.29 is 18.7 Å². The molecule has 12 nitrogen and oxygen atoms in total. The largest absolute Gasteiger partial charge is 0.491 e. The Hall–Kier alpha value is -4.26. The van der Waals surface area contributed by atoms with Gasteiger partial charge in [-0.1, -0.05) is 20.8 Å². The number of ether oxygens (including phenoxy) is 2. The van der Waals surface area contributed by atoms with Crippen LogP contribution in [-0.2, 0) is 17.3 Å². The molecule has 43 heavy (non-hydrogen) atoms. The number of carbonyl (C=O) groups is 1. The number of nitrogens with one attached hydrogen (secondary N) is 2. The number of alkyl halides is 1. The van der Waals surface area contributed by atoms with Crippen LogP contribution in [0.15, 0.2) is 30.6 Å². The molecule has 2 N–H and O–H groups in total. The molecule has 1 unspecified atom stereocenters. The molecule has 0 bridgehead atoms. The zero-order chi connectivity index (χ0) is 30.3. The lowest BCUT2D eigenvalue weighted by Gasteiger charge is -2.23. The van der Waals surface area contributed by atoms with E-state index in [9.17, 15) is 9.18 Å². The molecule has 228 valence electrons. The van der Waals surface area contributed by atoms with Crippen molar-refractivity contribution in [3.63, 3.8) is 0 Å². The van der Waals surface area contributed by atoms with Crippen LogP contribution in [0.2, 0.25) is 0 Å². The zero-order valence-corrected chi connectivity index (χ0v) is 25.2. The molecule has 4 aromatic heterocycles. The molecule has 2 aliphatic rings. The van der Waals surface area contributed by atoms with Gasteiger partial charge in [-0.3, -0.25) is 14.4 Å². The highest BCUT2D eigenvalue weighted by Crippen LogP contribution is 2.39. The number of imidazole rings is 1. The number of aryl methyl sites for hydroxylation is 1. The van der Waals surface area contributed by atoms with Crippen molar-refractivity contribution in [2.75, 3.05) is 44.1 Å². The number of pyridine rings is 2. The van der Waals surface area contributed by atoms with E-state index in [0.29, 0.717) is 52.5 Å². The van der Waals surface area contributed by atoms with Crippen molar-refractivity contribution >= 4 is 34.7 Å². The van der Waals surface area contributed by atoms with Gasteiger partial charge in [-0.15, -0.1) is 0 Å². The second kappa shape index (κ2) is 11.4. The normalized spacial score (nSPS) is 17.4. The third-order valence-electron chi connectivity index (χ3n) is 7.92. The predicted octanol–water partition coefficient (Wildman–Crippen LogP) is 4.97. The number of carbonyl (C=O) groups excluding carboxylic acids is 1. The van der Waals surface area contributed by atoms with Crippen LogP contribution in [0, 0.1) is 5.92 Å². The summed E-state index contributed by atoms with van der Waals surface area (Å²) in [6.45, 7) is 8.23. The number of nitrogens with zero attached hydrogens (tertiary/aromatic N) is 7. The molecule has 0 spiro atoms. The lowest BCUT2D eigenvalue weighted by Crippen LogP contribution is -2.26. The topological polar surface area (TPSA) is 124 Å². The summed E-state index contributed by atoms with van der Waals surface area (Å²) in [5.74, 6) is 3.03. The predicted molar refractivity (Wildman–Crippen MR) is 161 cm³/mol. The molecule has 0 aromatic carbocycles. The number of anilines is 3. The van der Waals surface area contributed by atoms with Gasteiger partial charge in [-0.25, -0.2) is 14.4 Å². The number of amides is 1. The standard InChI is InChI=1S/C30H38FN9O3/c1-30(2,3)22-15-24(37-40(22)19-9-12-39(17-19)13-10-31)35-29-36-27-25(38(29)4)26(42-5)21(16-33-27)43-20-8-11-32-23(14-20)34-28(41)18-6-7-18/h8,11,14-16,18-19H,6-7,9-10,12-13,17H2,1-5H3,(H,32,34,41)(H,33,35,36,37). The van der Waals surface area contributed by atoms with Gasteiger partial charge in [0, 0.05) is 62.0 Å². The first-order chi connectivity index (χ1) is 20.6. The first kappa shape index (κ1) is 28.8. The Bertz CT molecular complexity index is 1640. The molecule has 6 rings (SSSR count). The van der Waals surface area contributed by atoms with Gasteiger partial charge in [-0.05, 0) is 25.3 Å². The van der Waals surface area contributed by atoms with Gasteiger partial charge >= 0.3 is 0 Å². The number of hydrogen-bond acceptors (Lipinski definition) is 9. The van der Waals surface area contributed by atoms with Crippen molar-refractivity contribution in [3.05, 3.63) is 36.3 Å². The molecule has 1 amide bonds. The van der Waals surface area contributed by atoms with Crippen LogP contribution in [0.3, 0.4) is 0 Å². The number of fused-ring (bicyclic) bond motifs is 1. The Labute approximate surface area is 249 Å². The molecule has 1 aliphatic carbocycles. The van der Waals surface area contributed by atoms with Crippen LogP contribution >= 0.6 is 0 Å². The maximum absolute atomic E-state index is 13.0. The lowest BCUT2D eigenvalue weighted by molar-refractivity contribution is -0.117. The minimum Gasteiger partial charge on any atom is -0.491 e. The number of aromatic nitrogens is 6. The van der Waals surface area contributed by atoms with Crippen molar-refractivity contribution in [2.24, 2.45) is 13.0 Å². The highest BCUT2D eigenvalue weighted by atomic mass is 19.1. The van der Waals surface area contributed by atoms with Crippen molar-refractivity contribution in [1.82, 2.24) is 34.2 Å². The summed E-state index contributed by atoms with van der Waals surface area (Å²) in [4.78, 5) is 27.8. The smallest absolute Gasteiger partial charge is 0.228 e. The van der Waals surface area contributed by atoms with Gasteiger partial charge in [0.05, 0.1) is 19.3 Å². The second-order valence-corrected chi connectivity index (χ2v) is 12.2. The van der Waals surface area contributed by atoms with E-state index in [2.05, 4.69) is 57.0 Å². The molecule has 13 heteroatoms. The highest BCUT2D eigenvalue weighted by molar-refractivity contribution is 5.93. The molecule has 0 radical (unpaired) electrons. The van der Waals surface area contributed by atoms with E-state index < -0.39 is 0 Å².